The number of nitrogens with zero attached hydrogens (tertiary/aromatic N) is 5. The Bertz CT molecular complexity index is 1240. The van der Waals surface area contributed by atoms with Crippen molar-refractivity contribution in [1.29, 1.82) is 0 Å². The molecule has 10 nitrogen and oxygen atoms in total. The van der Waals surface area contributed by atoms with Crippen molar-refractivity contribution < 1.29 is 23.0 Å². The SMILES string of the molecule is COCC(Cc1ncc(F)cn1)SNc1nnc(-c2ccc(C)o2)n1-c1c(OC)cccc1OC. The largest absolute Gasteiger partial charge is 0.494 e. The second kappa shape index (κ2) is 11.2. The highest BCUT2D eigenvalue weighted by Gasteiger charge is 2.25. The van der Waals surface area contributed by atoms with E-state index in [-0.39, 0.29) is 5.25 Å². The number of methoxy groups -OCH3 is 3. The number of anilines is 1. The molecular weight excluding hydrogens is 475 g/mol. The fourth-order valence-corrected chi connectivity index (χ4v) is 4.27. The average molecular weight is 501 g/mol. The summed E-state index contributed by atoms with van der Waals surface area (Å²) in [5.74, 6) is 3.31. The first-order chi connectivity index (χ1) is 17.0. The van der Waals surface area contributed by atoms with Gasteiger partial charge >= 0.3 is 0 Å². The summed E-state index contributed by atoms with van der Waals surface area (Å²) in [5, 5.41) is 8.64. The van der Waals surface area contributed by atoms with Gasteiger partial charge in [0, 0.05) is 13.5 Å². The van der Waals surface area contributed by atoms with E-state index in [0.29, 0.717) is 53.6 Å². The van der Waals surface area contributed by atoms with Gasteiger partial charge in [-0.25, -0.2) is 14.4 Å². The third-order valence-corrected chi connectivity index (χ3v) is 5.94. The van der Waals surface area contributed by atoms with E-state index in [1.165, 1.54) is 11.9 Å². The number of hydrogen-bond acceptors (Lipinski definition) is 10. The van der Waals surface area contributed by atoms with E-state index in [4.69, 9.17) is 18.6 Å². The monoisotopic (exact) mass is 500 g/mol. The molecule has 0 saturated carbocycles. The van der Waals surface area contributed by atoms with Gasteiger partial charge in [0.05, 0.1) is 38.5 Å². The molecule has 3 heterocycles. The van der Waals surface area contributed by atoms with E-state index < -0.39 is 5.82 Å². The zero-order valence-electron chi connectivity index (χ0n) is 19.7. The molecule has 0 saturated heterocycles. The molecule has 0 aliphatic heterocycles. The Morgan fingerprint density at radius 3 is 2.37 bits per heavy atom. The van der Waals surface area contributed by atoms with Gasteiger partial charge in [0.15, 0.2) is 11.6 Å². The van der Waals surface area contributed by atoms with Crippen molar-refractivity contribution in [3.8, 4) is 28.8 Å². The van der Waals surface area contributed by atoms with Gasteiger partial charge in [-0.3, -0.25) is 9.29 Å². The van der Waals surface area contributed by atoms with Crippen molar-refractivity contribution in [2.45, 2.75) is 18.6 Å². The third kappa shape index (κ3) is 5.54. The molecule has 0 radical (unpaired) electrons. The topological polar surface area (TPSA) is 109 Å². The second-order valence-electron chi connectivity index (χ2n) is 7.42. The molecule has 0 fully saturated rings. The summed E-state index contributed by atoms with van der Waals surface area (Å²) < 4.78 is 40.7. The van der Waals surface area contributed by atoms with Gasteiger partial charge in [0.25, 0.3) is 0 Å². The minimum Gasteiger partial charge on any atom is -0.494 e. The number of aryl methyl sites for hydroxylation is 1. The number of rotatable bonds is 11. The van der Waals surface area contributed by atoms with Gasteiger partial charge in [0.1, 0.15) is 28.8 Å². The highest BCUT2D eigenvalue weighted by Crippen LogP contribution is 2.38. The first-order valence-corrected chi connectivity index (χ1v) is 11.5. The number of halogens is 1. The van der Waals surface area contributed by atoms with Crippen LogP contribution < -0.4 is 14.2 Å². The number of furan rings is 1. The van der Waals surface area contributed by atoms with Crippen molar-refractivity contribution in [2.24, 2.45) is 0 Å². The van der Waals surface area contributed by atoms with Gasteiger partial charge in [-0.15, -0.1) is 10.2 Å². The minimum atomic E-state index is -0.484. The number of para-hydroxylation sites is 1. The summed E-state index contributed by atoms with van der Waals surface area (Å²) in [4.78, 5) is 8.10. The Kier molecular flexibility index (Phi) is 7.83. The first kappa shape index (κ1) is 24.5. The molecule has 3 aromatic heterocycles. The Balaban J connectivity index is 1.70. The number of ether oxygens (including phenoxy) is 3. The van der Waals surface area contributed by atoms with Crippen molar-refractivity contribution in [1.82, 2.24) is 24.7 Å². The molecule has 0 spiro atoms. The highest BCUT2D eigenvalue weighted by molar-refractivity contribution is 8.01. The highest BCUT2D eigenvalue weighted by atomic mass is 32.2. The van der Waals surface area contributed by atoms with Crippen LogP contribution >= 0.6 is 11.9 Å². The molecule has 0 amide bonds. The smallest absolute Gasteiger partial charge is 0.239 e. The van der Waals surface area contributed by atoms with Crippen LogP contribution in [0.2, 0.25) is 0 Å². The van der Waals surface area contributed by atoms with Crippen LogP contribution in [0.5, 0.6) is 11.5 Å². The van der Waals surface area contributed by atoms with E-state index in [1.54, 1.807) is 25.9 Å². The quantitative estimate of drug-likeness (QED) is 0.302. The zero-order valence-corrected chi connectivity index (χ0v) is 20.5. The molecule has 12 heteroatoms. The number of aromatic nitrogens is 5. The molecule has 184 valence electrons. The van der Waals surface area contributed by atoms with Crippen LogP contribution in [0.25, 0.3) is 17.3 Å². The normalized spacial score (nSPS) is 11.9. The lowest BCUT2D eigenvalue weighted by molar-refractivity contribution is 0.199. The summed E-state index contributed by atoms with van der Waals surface area (Å²) >= 11 is 1.36. The molecule has 0 aliphatic rings. The van der Waals surface area contributed by atoms with Crippen LogP contribution in [-0.4, -0.2) is 57.9 Å². The van der Waals surface area contributed by atoms with Crippen molar-refractivity contribution in [3.05, 3.63) is 60.1 Å². The fraction of sp³-hybridized carbons (Fsp3) is 0.304. The van der Waals surface area contributed by atoms with Gasteiger partial charge in [-0.1, -0.05) is 6.07 Å². The molecule has 0 aliphatic carbocycles. The van der Waals surface area contributed by atoms with Gasteiger partial charge in [-0.2, -0.15) is 0 Å². The van der Waals surface area contributed by atoms with E-state index in [0.717, 1.165) is 18.2 Å². The maximum absolute atomic E-state index is 13.2. The lowest BCUT2D eigenvalue weighted by Gasteiger charge is -2.19. The molecular formula is C23H25FN6O4S. The number of benzene rings is 1. The van der Waals surface area contributed by atoms with Crippen molar-refractivity contribution >= 4 is 17.9 Å². The molecule has 1 atom stereocenters. The summed E-state index contributed by atoms with van der Waals surface area (Å²) in [6.45, 7) is 2.25. The van der Waals surface area contributed by atoms with E-state index in [9.17, 15) is 4.39 Å². The maximum atomic E-state index is 13.2. The van der Waals surface area contributed by atoms with Crippen LogP contribution in [0, 0.1) is 12.7 Å². The summed E-state index contributed by atoms with van der Waals surface area (Å²) in [6, 6.07) is 9.17. The summed E-state index contributed by atoms with van der Waals surface area (Å²) in [6.07, 6.45) is 2.74. The summed E-state index contributed by atoms with van der Waals surface area (Å²) in [5.41, 5.74) is 0.611. The lowest BCUT2D eigenvalue weighted by Crippen LogP contribution is -2.18. The van der Waals surface area contributed by atoms with Crippen LogP contribution in [0.1, 0.15) is 11.6 Å². The molecule has 4 rings (SSSR count). The molecule has 1 aromatic carbocycles. The van der Waals surface area contributed by atoms with Crippen LogP contribution in [-0.2, 0) is 11.2 Å². The fourth-order valence-electron chi connectivity index (χ4n) is 3.43. The first-order valence-electron chi connectivity index (χ1n) is 10.6. The summed E-state index contributed by atoms with van der Waals surface area (Å²) in [7, 11) is 4.77. The van der Waals surface area contributed by atoms with E-state index >= 15 is 0 Å². The molecule has 1 unspecified atom stereocenters. The predicted molar refractivity (Wildman–Crippen MR) is 129 cm³/mol. The van der Waals surface area contributed by atoms with Crippen LogP contribution in [0.4, 0.5) is 10.3 Å². The second-order valence-corrected chi connectivity index (χ2v) is 8.53. The van der Waals surface area contributed by atoms with Crippen LogP contribution in [0.15, 0.2) is 47.1 Å². The average Bonchev–Trinajstić information content (AvgIpc) is 3.49. The lowest BCUT2D eigenvalue weighted by atomic mass is 10.2. The Morgan fingerprint density at radius 1 is 1.06 bits per heavy atom. The van der Waals surface area contributed by atoms with Crippen molar-refractivity contribution in [3.63, 3.8) is 0 Å². The number of hydrogen-bond donors (Lipinski definition) is 1. The van der Waals surface area contributed by atoms with Gasteiger partial charge in [-0.05, 0) is 43.1 Å². The molecule has 0 bridgehead atoms. The van der Waals surface area contributed by atoms with E-state index in [2.05, 4.69) is 24.9 Å². The standard InChI is InChI=1S/C23H25FN6O4S/c1-14-8-9-19(34-14)22-27-28-23(30(22)21-17(32-3)6-5-7-18(21)33-4)29-35-16(13-31-2)10-20-25-11-15(24)12-26-20/h5-9,11-12,16H,10,13H2,1-4H3,(H,28,29). The van der Waals surface area contributed by atoms with Gasteiger partial charge < -0.3 is 18.6 Å². The molecule has 4 aromatic rings. The Labute approximate surface area is 206 Å². The van der Waals surface area contributed by atoms with Gasteiger partial charge in [0.2, 0.25) is 11.8 Å². The van der Waals surface area contributed by atoms with E-state index in [1.807, 2.05) is 37.3 Å². The predicted octanol–water partition coefficient (Wildman–Crippen LogP) is 4.10. The maximum Gasteiger partial charge on any atom is 0.239 e. The van der Waals surface area contributed by atoms with Crippen molar-refractivity contribution in [2.75, 3.05) is 32.7 Å². The zero-order chi connectivity index (χ0) is 24.8. The minimum absolute atomic E-state index is 0.107. The number of nitrogens with one attached hydrogen (secondary N) is 1. The molecule has 35 heavy (non-hydrogen) atoms. The molecule has 1 N–H and O–H groups in total. The third-order valence-electron chi connectivity index (χ3n) is 5.00. The Morgan fingerprint density at radius 2 is 1.77 bits per heavy atom. The Hall–Kier alpha value is -3.64. The van der Waals surface area contributed by atoms with Crippen LogP contribution in [0.3, 0.4) is 0 Å².